The zero-order valence-electron chi connectivity index (χ0n) is 11.9. The van der Waals surface area contributed by atoms with Gasteiger partial charge in [0.2, 0.25) is 10.0 Å². The maximum atomic E-state index is 13.9. The van der Waals surface area contributed by atoms with E-state index in [0.29, 0.717) is 25.3 Å². The highest BCUT2D eigenvalue weighted by atomic mass is 35.5. The van der Waals surface area contributed by atoms with Crippen molar-refractivity contribution < 1.29 is 17.2 Å². The molecule has 1 fully saturated rings. The number of hydrogen-bond acceptors (Lipinski definition) is 2. The van der Waals surface area contributed by atoms with Crippen molar-refractivity contribution in [3.8, 4) is 0 Å². The largest absolute Gasteiger partial charge is 0.246 e. The van der Waals surface area contributed by atoms with Gasteiger partial charge in [0.05, 0.1) is 0 Å². The number of alkyl halides is 1. The standard InChI is InChI=1S/C14H18ClF2NO2S/c1-9-3-4-18(10(2)5-9)21(19,20)13-7-11(8-15)6-12(16)14(13)17/h6-7,9-10H,3-5,8H2,1-2H3. The van der Waals surface area contributed by atoms with Crippen LogP contribution in [0, 0.1) is 17.6 Å². The molecule has 118 valence electrons. The van der Waals surface area contributed by atoms with Crippen molar-refractivity contribution in [2.24, 2.45) is 5.92 Å². The first-order chi connectivity index (χ1) is 9.77. The van der Waals surface area contributed by atoms with Crippen LogP contribution in [-0.4, -0.2) is 25.3 Å². The lowest BCUT2D eigenvalue weighted by Crippen LogP contribution is -2.44. The topological polar surface area (TPSA) is 37.4 Å². The Morgan fingerprint density at radius 2 is 2.00 bits per heavy atom. The molecule has 7 heteroatoms. The summed E-state index contributed by atoms with van der Waals surface area (Å²) in [7, 11) is -4.06. The number of hydrogen-bond donors (Lipinski definition) is 0. The minimum Gasteiger partial charge on any atom is -0.207 e. The van der Waals surface area contributed by atoms with E-state index in [1.54, 1.807) is 6.92 Å². The quantitative estimate of drug-likeness (QED) is 0.791. The van der Waals surface area contributed by atoms with Crippen LogP contribution in [0.2, 0.25) is 0 Å². The van der Waals surface area contributed by atoms with E-state index in [1.165, 1.54) is 4.31 Å². The van der Waals surface area contributed by atoms with Crippen LogP contribution < -0.4 is 0 Å². The molecule has 0 radical (unpaired) electrons. The molecule has 1 aromatic rings. The molecule has 1 saturated heterocycles. The third kappa shape index (κ3) is 3.22. The van der Waals surface area contributed by atoms with Crippen molar-refractivity contribution in [1.29, 1.82) is 0 Å². The van der Waals surface area contributed by atoms with E-state index in [9.17, 15) is 17.2 Å². The highest BCUT2D eigenvalue weighted by Crippen LogP contribution is 2.30. The number of halogens is 3. The van der Waals surface area contributed by atoms with Crippen LogP contribution in [0.3, 0.4) is 0 Å². The summed E-state index contributed by atoms with van der Waals surface area (Å²) in [5.74, 6) is -2.19. The molecule has 2 unspecified atom stereocenters. The first kappa shape index (κ1) is 16.6. The molecule has 0 spiro atoms. The van der Waals surface area contributed by atoms with Gasteiger partial charge in [-0.2, -0.15) is 4.31 Å². The van der Waals surface area contributed by atoms with Gasteiger partial charge in [-0.3, -0.25) is 0 Å². The summed E-state index contributed by atoms with van der Waals surface area (Å²) in [6.45, 7) is 4.15. The van der Waals surface area contributed by atoms with E-state index in [1.807, 2.05) is 0 Å². The molecule has 1 aliphatic rings. The molecule has 0 aromatic heterocycles. The fourth-order valence-corrected chi connectivity index (χ4v) is 4.69. The third-order valence-electron chi connectivity index (χ3n) is 3.87. The normalized spacial score (nSPS) is 24.2. The Labute approximate surface area is 129 Å². The van der Waals surface area contributed by atoms with Gasteiger partial charge in [0.25, 0.3) is 0 Å². The van der Waals surface area contributed by atoms with Gasteiger partial charge in [-0.15, -0.1) is 11.6 Å². The second-order valence-electron chi connectivity index (χ2n) is 5.62. The lowest BCUT2D eigenvalue weighted by molar-refractivity contribution is 0.219. The van der Waals surface area contributed by atoms with E-state index < -0.39 is 26.6 Å². The van der Waals surface area contributed by atoms with Gasteiger partial charge in [-0.25, -0.2) is 17.2 Å². The molecule has 1 aliphatic heterocycles. The van der Waals surface area contributed by atoms with Crippen LogP contribution >= 0.6 is 11.6 Å². The molecule has 0 saturated carbocycles. The summed E-state index contributed by atoms with van der Waals surface area (Å²) in [5.41, 5.74) is 0.243. The van der Waals surface area contributed by atoms with Crippen LogP contribution in [0.4, 0.5) is 8.78 Å². The van der Waals surface area contributed by atoms with Crippen LogP contribution in [0.5, 0.6) is 0 Å². The van der Waals surface area contributed by atoms with Gasteiger partial charge in [0.15, 0.2) is 11.6 Å². The predicted molar refractivity (Wildman–Crippen MR) is 77.7 cm³/mol. The van der Waals surface area contributed by atoms with E-state index in [0.717, 1.165) is 12.1 Å². The minimum atomic E-state index is -4.06. The molecule has 1 aromatic carbocycles. The maximum Gasteiger partial charge on any atom is 0.246 e. The lowest BCUT2D eigenvalue weighted by Gasteiger charge is -2.35. The summed E-state index contributed by atoms with van der Waals surface area (Å²) >= 11 is 5.61. The monoisotopic (exact) mass is 337 g/mol. The van der Waals surface area contributed by atoms with E-state index >= 15 is 0 Å². The molecule has 0 amide bonds. The van der Waals surface area contributed by atoms with E-state index in [2.05, 4.69) is 6.92 Å². The van der Waals surface area contributed by atoms with Crippen LogP contribution in [0.25, 0.3) is 0 Å². The van der Waals surface area contributed by atoms with Crippen LogP contribution in [0.15, 0.2) is 17.0 Å². The number of sulfonamides is 1. The summed E-state index contributed by atoms with van der Waals surface area (Å²) in [4.78, 5) is -0.625. The number of nitrogens with zero attached hydrogens (tertiary/aromatic N) is 1. The first-order valence-electron chi connectivity index (χ1n) is 6.83. The van der Waals surface area contributed by atoms with E-state index in [4.69, 9.17) is 11.6 Å². The summed E-state index contributed by atoms with van der Waals surface area (Å²) in [6.07, 6.45) is 1.42. The molecule has 2 atom stereocenters. The summed E-state index contributed by atoms with van der Waals surface area (Å²) in [5, 5.41) is 0. The summed E-state index contributed by atoms with van der Waals surface area (Å²) in [6, 6.07) is 1.80. The molecule has 0 aliphatic carbocycles. The Balaban J connectivity index is 2.47. The van der Waals surface area contributed by atoms with Crippen molar-refractivity contribution in [1.82, 2.24) is 4.31 Å². The van der Waals surface area contributed by atoms with E-state index in [-0.39, 0.29) is 17.5 Å². The summed E-state index contributed by atoms with van der Waals surface area (Å²) < 4.78 is 54.0. The average Bonchev–Trinajstić information content (AvgIpc) is 2.40. The van der Waals surface area contributed by atoms with Gasteiger partial charge in [0, 0.05) is 18.5 Å². The Kier molecular flexibility index (Phi) is 4.90. The molecule has 0 bridgehead atoms. The number of benzene rings is 1. The Hall–Kier alpha value is -0.720. The predicted octanol–water partition coefficient (Wildman–Crippen LogP) is 3.51. The van der Waals surface area contributed by atoms with Crippen molar-refractivity contribution >= 4 is 21.6 Å². The zero-order valence-corrected chi connectivity index (χ0v) is 13.5. The second kappa shape index (κ2) is 6.18. The second-order valence-corrected chi connectivity index (χ2v) is 7.74. The fraction of sp³-hybridized carbons (Fsp3) is 0.571. The SMILES string of the molecule is CC1CCN(S(=O)(=O)c2cc(CCl)cc(F)c2F)C(C)C1. The molecular weight excluding hydrogens is 320 g/mol. The fourth-order valence-electron chi connectivity index (χ4n) is 2.75. The first-order valence-corrected chi connectivity index (χ1v) is 8.80. The van der Waals surface area contributed by atoms with Gasteiger partial charge in [-0.1, -0.05) is 6.92 Å². The zero-order chi connectivity index (χ0) is 15.8. The van der Waals surface area contributed by atoms with Crippen molar-refractivity contribution in [2.45, 2.75) is 43.5 Å². The van der Waals surface area contributed by atoms with Crippen molar-refractivity contribution in [2.75, 3.05) is 6.54 Å². The number of piperidine rings is 1. The van der Waals surface area contributed by atoms with Crippen LogP contribution in [0.1, 0.15) is 32.3 Å². The molecule has 0 N–H and O–H groups in total. The maximum absolute atomic E-state index is 13.9. The van der Waals surface area contributed by atoms with Gasteiger partial charge >= 0.3 is 0 Å². The smallest absolute Gasteiger partial charge is 0.207 e. The highest BCUT2D eigenvalue weighted by Gasteiger charge is 2.35. The third-order valence-corrected chi connectivity index (χ3v) is 6.19. The molecule has 2 rings (SSSR count). The van der Waals surface area contributed by atoms with Gasteiger partial charge in [-0.05, 0) is 43.4 Å². The highest BCUT2D eigenvalue weighted by molar-refractivity contribution is 7.89. The van der Waals surface area contributed by atoms with Gasteiger partial charge in [0.1, 0.15) is 4.90 Å². The Bertz CT molecular complexity index is 636. The lowest BCUT2D eigenvalue weighted by atomic mass is 9.95. The molecule has 3 nitrogen and oxygen atoms in total. The molecule has 1 heterocycles. The molecule has 21 heavy (non-hydrogen) atoms. The van der Waals surface area contributed by atoms with Crippen molar-refractivity contribution in [3.05, 3.63) is 29.3 Å². The average molecular weight is 338 g/mol. The number of rotatable bonds is 3. The Morgan fingerprint density at radius 1 is 1.33 bits per heavy atom. The molecular formula is C14H18ClF2NO2S. The minimum absolute atomic E-state index is 0.0771. The Morgan fingerprint density at radius 3 is 2.57 bits per heavy atom. The van der Waals surface area contributed by atoms with Crippen LogP contribution in [-0.2, 0) is 15.9 Å². The van der Waals surface area contributed by atoms with Crippen molar-refractivity contribution in [3.63, 3.8) is 0 Å². The van der Waals surface area contributed by atoms with Gasteiger partial charge < -0.3 is 0 Å².